The van der Waals surface area contributed by atoms with Crippen molar-refractivity contribution in [1.82, 2.24) is 42.1 Å². The van der Waals surface area contributed by atoms with Crippen LogP contribution in [0.5, 0.6) is 5.75 Å². The molecule has 2 rings (SSSR count). The Morgan fingerprint density at radius 1 is 0.725 bits per heavy atom. The van der Waals surface area contributed by atoms with Gasteiger partial charge in [0.1, 0.15) is 48.0 Å². The number of carbonyl (C=O) groups excluding carboxylic acids is 10. The third kappa shape index (κ3) is 19.8. The molecule has 1 aromatic carbocycles. The number of carboxylic acid groups (broad SMARTS) is 1. The highest BCUT2D eigenvalue weighted by molar-refractivity contribution is 7.80. The number of hydrogen-bond donors (Lipinski definition) is 14. The average Bonchev–Trinajstić information content (AvgIpc) is 3.79. The normalized spacial score (nSPS) is 16.8. The Kier molecular flexibility index (Phi) is 24.8. The molecule has 384 valence electrons. The van der Waals surface area contributed by atoms with Crippen LogP contribution in [-0.2, 0) is 59.2 Å². The van der Waals surface area contributed by atoms with E-state index in [0.29, 0.717) is 18.4 Å². The largest absolute Gasteiger partial charge is 0.508 e. The van der Waals surface area contributed by atoms with Gasteiger partial charge in [-0.15, -0.1) is 0 Å². The van der Waals surface area contributed by atoms with Crippen molar-refractivity contribution in [3.05, 3.63) is 29.8 Å². The smallest absolute Gasteiger partial charge is 0.305 e. The summed E-state index contributed by atoms with van der Waals surface area (Å²) in [4.78, 5) is 145. The maximum atomic E-state index is 14.0. The number of nitrogens with two attached hydrogens (primary N) is 3. The first kappa shape index (κ1) is 59.0. The first-order valence-electron chi connectivity index (χ1n) is 22.4. The summed E-state index contributed by atoms with van der Waals surface area (Å²) in [6.07, 6.45) is -1.02. The maximum Gasteiger partial charge on any atom is 0.305 e. The van der Waals surface area contributed by atoms with Gasteiger partial charge < -0.3 is 69.5 Å². The number of likely N-dealkylation sites (tertiary alicyclic amines) is 1. The van der Waals surface area contributed by atoms with Crippen molar-refractivity contribution in [1.29, 1.82) is 0 Å². The molecule has 24 nitrogen and oxygen atoms in total. The van der Waals surface area contributed by atoms with E-state index in [1.165, 1.54) is 29.2 Å². The molecular weight excluding hydrogens is 943 g/mol. The van der Waals surface area contributed by atoms with E-state index in [1.54, 1.807) is 13.8 Å². The molecule has 0 aliphatic carbocycles. The number of phenols is 1. The zero-order valence-corrected chi connectivity index (χ0v) is 40.8. The number of benzene rings is 1. The number of thiol groups is 2. The van der Waals surface area contributed by atoms with Gasteiger partial charge in [-0.3, -0.25) is 52.7 Å². The lowest BCUT2D eigenvalue weighted by Gasteiger charge is -2.30. The van der Waals surface area contributed by atoms with E-state index in [0.717, 1.165) is 0 Å². The van der Waals surface area contributed by atoms with E-state index < -0.39 is 145 Å². The molecule has 15 N–H and O–H groups in total. The Hall–Kier alpha value is -6.15. The van der Waals surface area contributed by atoms with Gasteiger partial charge in [0.05, 0.1) is 19.0 Å². The van der Waals surface area contributed by atoms with Gasteiger partial charge in [-0.05, 0) is 55.2 Å². The molecule has 26 heteroatoms. The van der Waals surface area contributed by atoms with Gasteiger partial charge in [0.2, 0.25) is 59.1 Å². The standard InChI is InChI=1S/C43H67N11O13S2/c1-5-22(4)35(53-40(64)28(49-36(60)25(44)19-68)16-23-8-10-24(55)11-9-23)42(66)48-26(12-13-32(45)56)38(62)50-29(17-34(58)59)39(63)52-30(20-69)43(67)54-14-6-7-31(54)41(65)51-27(15-21(2)3)37(61)47-18-33(46)57/h8-11,21-22,25-31,35,55,68-69H,5-7,12-20,44H2,1-4H3,(H2,45,56)(H2,46,57)(H,47,61)(H,48,66)(H,49,60)(H,50,62)(H,51,65)(H,52,63)(H,53,64)(H,58,59)/t22-,25-,26-,27-,28-,29+,30-,31-,35-/m0/s1. The summed E-state index contributed by atoms with van der Waals surface area (Å²) >= 11 is 8.25. The first-order chi connectivity index (χ1) is 32.4. The zero-order valence-electron chi connectivity index (χ0n) is 39.0. The minimum absolute atomic E-state index is 0.0486. The number of carbonyl (C=O) groups is 11. The molecule has 1 aromatic rings. The molecule has 1 fully saturated rings. The number of nitrogens with zero attached hydrogens (tertiary/aromatic N) is 1. The fourth-order valence-corrected chi connectivity index (χ4v) is 7.51. The van der Waals surface area contributed by atoms with Gasteiger partial charge >= 0.3 is 5.97 Å². The van der Waals surface area contributed by atoms with Crippen LogP contribution in [0.4, 0.5) is 0 Å². The lowest BCUT2D eigenvalue weighted by molar-refractivity contribution is -0.143. The van der Waals surface area contributed by atoms with Gasteiger partial charge in [0, 0.05) is 30.9 Å². The average molecular weight is 1010 g/mol. The van der Waals surface area contributed by atoms with Crippen LogP contribution < -0.4 is 54.4 Å². The molecule has 0 aromatic heterocycles. The van der Waals surface area contributed by atoms with Gasteiger partial charge in [-0.1, -0.05) is 46.2 Å². The van der Waals surface area contributed by atoms with Crippen LogP contribution in [0.15, 0.2) is 24.3 Å². The predicted molar refractivity (Wildman–Crippen MR) is 256 cm³/mol. The highest BCUT2D eigenvalue weighted by Gasteiger charge is 2.40. The van der Waals surface area contributed by atoms with E-state index in [1.807, 2.05) is 13.8 Å². The molecule has 0 saturated carbocycles. The van der Waals surface area contributed by atoms with E-state index in [4.69, 9.17) is 17.2 Å². The van der Waals surface area contributed by atoms with E-state index in [-0.39, 0.29) is 49.0 Å². The molecule has 69 heavy (non-hydrogen) atoms. The highest BCUT2D eigenvalue weighted by atomic mass is 32.1. The molecule has 0 radical (unpaired) electrons. The number of aromatic hydroxyl groups is 1. The van der Waals surface area contributed by atoms with Crippen molar-refractivity contribution < 1.29 is 63.0 Å². The van der Waals surface area contributed by atoms with Crippen molar-refractivity contribution >= 4 is 90.3 Å². The summed E-state index contributed by atoms with van der Waals surface area (Å²) in [6, 6.07) is -5.15. The Bertz CT molecular complexity index is 2010. The number of rotatable bonds is 29. The number of nitrogens with one attached hydrogen (secondary N) is 7. The quantitative estimate of drug-likeness (QED) is 0.0346. The predicted octanol–water partition coefficient (Wildman–Crippen LogP) is -3.54. The summed E-state index contributed by atoms with van der Waals surface area (Å²) < 4.78 is 0. The van der Waals surface area contributed by atoms with Gasteiger partial charge in [0.25, 0.3) is 0 Å². The van der Waals surface area contributed by atoms with Crippen LogP contribution in [0.2, 0.25) is 0 Å². The molecule has 10 amide bonds. The van der Waals surface area contributed by atoms with E-state index in [2.05, 4.69) is 62.5 Å². The fourth-order valence-electron chi connectivity index (χ4n) is 7.10. The third-order valence-electron chi connectivity index (χ3n) is 11.1. The molecule has 1 aliphatic heterocycles. The second kappa shape index (κ2) is 29.0. The highest BCUT2D eigenvalue weighted by Crippen LogP contribution is 2.20. The number of phenolic OH excluding ortho intramolecular Hbond substituents is 1. The third-order valence-corrected chi connectivity index (χ3v) is 11.8. The van der Waals surface area contributed by atoms with E-state index in [9.17, 15) is 63.0 Å². The van der Waals surface area contributed by atoms with Gasteiger partial charge in [-0.25, -0.2) is 0 Å². The molecule has 1 heterocycles. The van der Waals surface area contributed by atoms with Crippen molar-refractivity contribution in [2.45, 2.75) is 127 Å². The van der Waals surface area contributed by atoms with Crippen molar-refractivity contribution in [3.8, 4) is 5.75 Å². The Balaban J connectivity index is 2.34. The van der Waals surface area contributed by atoms with Gasteiger partial charge in [-0.2, -0.15) is 25.3 Å². The van der Waals surface area contributed by atoms with Crippen LogP contribution in [-0.4, -0.2) is 153 Å². The lowest BCUT2D eigenvalue weighted by atomic mass is 9.96. The molecule has 0 unspecified atom stereocenters. The fraction of sp³-hybridized carbons (Fsp3) is 0.605. The Morgan fingerprint density at radius 3 is 1.86 bits per heavy atom. The summed E-state index contributed by atoms with van der Waals surface area (Å²) in [5, 5.41) is 36.8. The summed E-state index contributed by atoms with van der Waals surface area (Å²) in [5.74, 6) is -11.3. The number of carboxylic acids is 1. The number of aliphatic carboxylic acids is 1. The SMILES string of the molecule is CC[C@H](C)[C@H](NC(=O)[C@H](Cc1ccc(O)cc1)NC(=O)[C@@H](N)CS)C(=O)N[C@@H](CCC(N)=O)C(=O)N[C@H](CC(=O)O)C(=O)N[C@@H](CS)C(=O)N1CCC[C@H]1C(=O)N[C@@H](CC(C)C)C(=O)NCC(N)=O. The van der Waals surface area contributed by atoms with Crippen molar-refractivity contribution in [2.75, 3.05) is 24.6 Å². The van der Waals surface area contributed by atoms with Crippen LogP contribution >= 0.6 is 25.3 Å². The molecule has 9 atom stereocenters. The zero-order chi connectivity index (χ0) is 52.1. The van der Waals surface area contributed by atoms with Crippen molar-refractivity contribution in [3.63, 3.8) is 0 Å². The monoisotopic (exact) mass is 1010 g/mol. The van der Waals surface area contributed by atoms with Crippen LogP contribution in [0.1, 0.15) is 78.2 Å². The second-order valence-corrected chi connectivity index (χ2v) is 17.9. The summed E-state index contributed by atoms with van der Waals surface area (Å²) in [5.41, 5.74) is 16.9. The topological polar surface area (TPSA) is 394 Å². The number of amides is 10. The maximum absolute atomic E-state index is 14.0. The van der Waals surface area contributed by atoms with Crippen LogP contribution in [0, 0.1) is 11.8 Å². The van der Waals surface area contributed by atoms with Crippen LogP contribution in [0.25, 0.3) is 0 Å². The second-order valence-electron chi connectivity index (χ2n) is 17.1. The molecule has 1 saturated heterocycles. The summed E-state index contributed by atoms with van der Waals surface area (Å²) in [6.45, 7) is 6.54. The molecule has 1 aliphatic rings. The summed E-state index contributed by atoms with van der Waals surface area (Å²) in [7, 11) is 0. The van der Waals surface area contributed by atoms with E-state index >= 15 is 0 Å². The van der Waals surface area contributed by atoms with Gasteiger partial charge in [0.15, 0.2) is 0 Å². The lowest BCUT2D eigenvalue weighted by Crippen LogP contribution is -2.61. The number of hydrogen-bond acceptors (Lipinski definition) is 15. The Labute approximate surface area is 410 Å². The minimum atomic E-state index is -1.88. The Morgan fingerprint density at radius 2 is 1.30 bits per heavy atom. The van der Waals surface area contributed by atoms with Crippen LogP contribution in [0.3, 0.4) is 0 Å². The molecular formula is C43H67N11O13S2. The minimum Gasteiger partial charge on any atom is -0.508 e. The van der Waals surface area contributed by atoms with Crippen molar-refractivity contribution in [2.24, 2.45) is 29.0 Å². The first-order valence-corrected chi connectivity index (χ1v) is 23.6. The number of primary amides is 2. The molecule has 0 spiro atoms. The molecule has 0 bridgehead atoms.